The maximum absolute atomic E-state index is 6.24. The third kappa shape index (κ3) is 4.47. The van der Waals surface area contributed by atoms with Gasteiger partial charge in [-0.1, -0.05) is 29.8 Å². The molecule has 2 aromatic carbocycles. The first-order valence-electron chi connectivity index (χ1n) is 8.78. The molecule has 8 heteroatoms. The molecule has 0 amide bonds. The molecule has 0 radical (unpaired) electrons. The van der Waals surface area contributed by atoms with E-state index in [-0.39, 0.29) is 12.4 Å². The number of hydrogen-bond acceptors (Lipinski definition) is 6. The van der Waals surface area contributed by atoms with Gasteiger partial charge in [-0.25, -0.2) is 4.98 Å². The summed E-state index contributed by atoms with van der Waals surface area (Å²) in [5.74, 6) is 0.827. The number of rotatable bonds is 4. The number of anilines is 4. The third-order valence-electron chi connectivity index (χ3n) is 4.48. The van der Waals surface area contributed by atoms with Crippen LogP contribution in [0.5, 0.6) is 0 Å². The molecule has 1 aliphatic rings. The van der Waals surface area contributed by atoms with Gasteiger partial charge in [0.1, 0.15) is 5.82 Å². The minimum absolute atomic E-state index is 0. The highest BCUT2D eigenvalue weighted by molar-refractivity contribution is 6.33. The van der Waals surface area contributed by atoms with E-state index in [0.29, 0.717) is 22.4 Å². The van der Waals surface area contributed by atoms with Crippen molar-refractivity contribution in [1.29, 1.82) is 0 Å². The van der Waals surface area contributed by atoms with Gasteiger partial charge < -0.3 is 20.7 Å². The Morgan fingerprint density at radius 1 is 1.00 bits per heavy atom. The molecule has 3 N–H and O–H groups in total. The predicted molar refractivity (Wildman–Crippen MR) is 117 cm³/mol. The van der Waals surface area contributed by atoms with Crippen LogP contribution in [0.2, 0.25) is 5.02 Å². The van der Waals surface area contributed by atoms with Gasteiger partial charge in [0.25, 0.3) is 0 Å². The van der Waals surface area contributed by atoms with Crippen LogP contribution in [0.1, 0.15) is 0 Å². The number of morpholine rings is 1. The van der Waals surface area contributed by atoms with Gasteiger partial charge in [0.05, 0.1) is 13.2 Å². The van der Waals surface area contributed by atoms with Crippen molar-refractivity contribution in [2.75, 3.05) is 42.3 Å². The van der Waals surface area contributed by atoms with Crippen molar-refractivity contribution in [2.45, 2.75) is 0 Å². The number of nitrogens with one attached hydrogen (secondary N) is 1. The van der Waals surface area contributed by atoms with Crippen molar-refractivity contribution in [3.63, 3.8) is 0 Å². The number of nitrogens with two attached hydrogens (primary N) is 1. The van der Waals surface area contributed by atoms with Crippen molar-refractivity contribution in [3.8, 4) is 11.1 Å². The molecule has 0 aliphatic carbocycles. The van der Waals surface area contributed by atoms with E-state index in [1.807, 2.05) is 36.4 Å². The average molecular weight is 418 g/mol. The fourth-order valence-corrected chi connectivity index (χ4v) is 3.29. The van der Waals surface area contributed by atoms with E-state index in [1.165, 1.54) is 5.69 Å². The zero-order valence-electron chi connectivity index (χ0n) is 15.1. The second-order valence-electron chi connectivity index (χ2n) is 6.24. The van der Waals surface area contributed by atoms with Crippen molar-refractivity contribution >= 4 is 47.1 Å². The quantitative estimate of drug-likeness (QED) is 0.655. The third-order valence-corrected chi connectivity index (χ3v) is 4.81. The van der Waals surface area contributed by atoms with Crippen LogP contribution in [-0.4, -0.2) is 36.3 Å². The number of nitrogen functional groups attached to an aromatic ring is 1. The maximum Gasteiger partial charge on any atom is 0.229 e. The highest BCUT2D eigenvalue weighted by Gasteiger charge is 2.12. The Hall–Kier alpha value is -2.54. The molecule has 0 bridgehead atoms. The monoisotopic (exact) mass is 417 g/mol. The molecule has 146 valence electrons. The molecule has 4 rings (SSSR count). The van der Waals surface area contributed by atoms with E-state index in [1.54, 1.807) is 6.20 Å². The lowest BCUT2D eigenvalue weighted by Gasteiger charge is -2.28. The first kappa shape index (κ1) is 20.2. The van der Waals surface area contributed by atoms with Gasteiger partial charge in [-0.15, -0.1) is 12.4 Å². The zero-order chi connectivity index (χ0) is 18.6. The van der Waals surface area contributed by atoms with Crippen LogP contribution in [0, 0.1) is 0 Å². The maximum atomic E-state index is 6.24. The summed E-state index contributed by atoms with van der Waals surface area (Å²) in [6.07, 6.45) is 1.69. The van der Waals surface area contributed by atoms with Gasteiger partial charge in [-0.05, 0) is 30.3 Å². The number of halogens is 2. The highest BCUT2D eigenvalue weighted by Crippen LogP contribution is 2.31. The molecule has 1 aromatic heterocycles. The van der Waals surface area contributed by atoms with Gasteiger partial charge in [-0.2, -0.15) is 4.98 Å². The summed E-state index contributed by atoms with van der Waals surface area (Å²) in [6.45, 7) is 3.36. The van der Waals surface area contributed by atoms with Crippen molar-refractivity contribution in [2.24, 2.45) is 0 Å². The summed E-state index contributed by atoms with van der Waals surface area (Å²) in [6, 6.07) is 15.7. The molecule has 28 heavy (non-hydrogen) atoms. The molecular weight excluding hydrogens is 397 g/mol. The normalized spacial score (nSPS) is 13.7. The summed E-state index contributed by atoms with van der Waals surface area (Å²) in [5, 5.41) is 3.81. The fraction of sp³-hybridized carbons (Fsp3) is 0.200. The Labute approximate surface area is 175 Å². The number of aromatic nitrogens is 2. The van der Waals surface area contributed by atoms with Gasteiger partial charge in [0, 0.05) is 46.8 Å². The molecule has 0 saturated carbocycles. The summed E-state index contributed by atoms with van der Waals surface area (Å²) >= 11 is 6.24. The van der Waals surface area contributed by atoms with Gasteiger partial charge in [-0.3, -0.25) is 0 Å². The van der Waals surface area contributed by atoms with Crippen LogP contribution in [0.3, 0.4) is 0 Å². The van der Waals surface area contributed by atoms with E-state index in [4.69, 9.17) is 22.1 Å². The van der Waals surface area contributed by atoms with E-state index in [0.717, 1.165) is 37.6 Å². The number of benzene rings is 2. The van der Waals surface area contributed by atoms with E-state index in [9.17, 15) is 0 Å². The van der Waals surface area contributed by atoms with Gasteiger partial charge in [0.2, 0.25) is 5.95 Å². The summed E-state index contributed by atoms with van der Waals surface area (Å²) in [7, 11) is 0. The molecule has 6 nitrogen and oxygen atoms in total. The van der Waals surface area contributed by atoms with Crippen LogP contribution < -0.4 is 16.0 Å². The first-order valence-corrected chi connectivity index (χ1v) is 9.16. The molecule has 1 aliphatic heterocycles. The Morgan fingerprint density at radius 2 is 1.71 bits per heavy atom. The molecule has 2 heterocycles. The second-order valence-corrected chi connectivity index (χ2v) is 6.65. The predicted octanol–water partition coefficient (Wildman–Crippen LogP) is 4.38. The lowest BCUT2D eigenvalue weighted by Crippen LogP contribution is -2.36. The summed E-state index contributed by atoms with van der Waals surface area (Å²) in [5.41, 5.74) is 9.74. The summed E-state index contributed by atoms with van der Waals surface area (Å²) in [4.78, 5) is 11.1. The molecular formula is C20H21Cl2N5O. The molecule has 0 spiro atoms. The van der Waals surface area contributed by atoms with Crippen LogP contribution in [0.4, 0.5) is 23.1 Å². The minimum atomic E-state index is 0. The van der Waals surface area contributed by atoms with E-state index >= 15 is 0 Å². The average Bonchev–Trinajstić information content (AvgIpc) is 2.70. The minimum Gasteiger partial charge on any atom is -0.383 e. The molecule has 3 aromatic rings. The second kappa shape index (κ2) is 9.10. The Kier molecular flexibility index (Phi) is 6.57. The highest BCUT2D eigenvalue weighted by atomic mass is 35.5. The van der Waals surface area contributed by atoms with Crippen molar-refractivity contribution in [3.05, 3.63) is 59.8 Å². The summed E-state index contributed by atoms with van der Waals surface area (Å²) < 4.78 is 5.39. The van der Waals surface area contributed by atoms with E-state index in [2.05, 4.69) is 32.3 Å². The lowest BCUT2D eigenvalue weighted by atomic mass is 10.1. The number of ether oxygens (including phenoxy) is 1. The smallest absolute Gasteiger partial charge is 0.229 e. The van der Waals surface area contributed by atoms with Crippen LogP contribution in [-0.2, 0) is 4.74 Å². The van der Waals surface area contributed by atoms with E-state index < -0.39 is 0 Å². The zero-order valence-corrected chi connectivity index (χ0v) is 16.7. The first-order chi connectivity index (χ1) is 13.2. The Bertz CT molecular complexity index is 930. The molecule has 0 atom stereocenters. The van der Waals surface area contributed by atoms with Crippen LogP contribution in [0.25, 0.3) is 11.1 Å². The number of hydrogen-bond donors (Lipinski definition) is 2. The van der Waals surface area contributed by atoms with Gasteiger partial charge in [0.15, 0.2) is 0 Å². The van der Waals surface area contributed by atoms with Crippen LogP contribution in [0.15, 0.2) is 54.7 Å². The molecule has 0 unspecified atom stereocenters. The lowest BCUT2D eigenvalue weighted by molar-refractivity contribution is 0.122. The number of nitrogens with zero attached hydrogens (tertiary/aromatic N) is 3. The SMILES string of the molecule is Cl.Nc1nc(Nc2ccc(N3CCOCC3)cc2)ncc1-c1ccccc1Cl. The Morgan fingerprint density at radius 3 is 2.39 bits per heavy atom. The standard InChI is InChI=1S/C20H20ClN5O.ClH/c21-18-4-2-1-3-16(18)17-13-23-20(25-19(17)22)24-14-5-7-15(8-6-14)26-9-11-27-12-10-26;/h1-8,13H,9-12H2,(H3,22,23,24,25);1H. The molecule has 1 saturated heterocycles. The van der Waals surface area contributed by atoms with Gasteiger partial charge >= 0.3 is 0 Å². The van der Waals surface area contributed by atoms with Crippen molar-refractivity contribution in [1.82, 2.24) is 9.97 Å². The van der Waals surface area contributed by atoms with Crippen LogP contribution >= 0.6 is 24.0 Å². The largest absolute Gasteiger partial charge is 0.383 e. The topological polar surface area (TPSA) is 76.3 Å². The fourth-order valence-electron chi connectivity index (χ4n) is 3.05. The molecule has 1 fully saturated rings. The Balaban J connectivity index is 0.00000225. The van der Waals surface area contributed by atoms with Crippen molar-refractivity contribution < 1.29 is 4.74 Å².